The highest BCUT2D eigenvalue weighted by atomic mass is 79.9. The minimum Gasteiger partial charge on any atom is -0.463 e. The number of hydrogen-bond acceptors (Lipinski definition) is 9. The summed E-state index contributed by atoms with van der Waals surface area (Å²) in [5.41, 5.74) is 6.43. The number of aliphatic hydroxyl groups excluding tert-OH is 2. The molecule has 2 aromatic rings. The number of aliphatic hydroxyl groups is 2. The Morgan fingerprint density at radius 3 is 2.91 bits per heavy atom. The fourth-order valence-corrected chi connectivity index (χ4v) is 2.95. The van der Waals surface area contributed by atoms with Gasteiger partial charge in [-0.25, -0.2) is 15.0 Å². The lowest BCUT2D eigenvalue weighted by Gasteiger charge is -2.17. The van der Waals surface area contributed by atoms with Gasteiger partial charge in [-0.15, -0.1) is 0 Å². The molecule has 0 saturated carbocycles. The molecule has 10 nitrogen and oxygen atoms in total. The van der Waals surface area contributed by atoms with Crippen LogP contribution in [0.15, 0.2) is 11.1 Å². The molecule has 0 unspecified atom stereocenters. The molecule has 1 aliphatic heterocycles. The third-order valence-corrected chi connectivity index (χ3v) is 4.06. The maximum absolute atomic E-state index is 10.9. The number of carbonyl (C=O) groups excluding carboxylic acids is 1. The van der Waals surface area contributed by atoms with Crippen LogP contribution in [0.4, 0.5) is 5.82 Å². The monoisotopic (exact) mass is 387 g/mol. The van der Waals surface area contributed by atoms with Gasteiger partial charge in [0.1, 0.15) is 31.2 Å². The Balaban J connectivity index is 1.94. The van der Waals surface area contributed by atoms with Crippen molar-refractivity contribution in [3.05, 3.63) is 11.1 Å². The fraction of sp³-hybridized carbons (Fsp3) is 0.500. The molecule has 3 rings (SSSR count). The molecule has 0 aromatic carbocycles. The van der Waals surface area contributed by atoms with Crippen molar-refractivity contribution in [1.82, 2.24) is 19.5 Å². The number of ether oxygens (including phenoxy) is 2. The lowest BCUT2D eigenvalue weighted by molar-refractivity contribution is -0.147. The molecule has 124 valence electrons. The van der Waals surface area contributed by atoms with Crippen molar-refractivity contribution in [2.24, 2.45) is 0 Å². The Morgan fingerprint density at radius 1 is 1.48 bits per heavy atom. The Hall–Kier alpha value is -1.82. The predicted molar refractivity (Wildman–Crippen MR) is 80.0 cm³/mol. The number of anilines is 1. The molecule has 0 aliphatic carbocycles. The van der Waals surface area contributed by atoms with Crippen molar-refractivity contribution in [2.45, 2.75) is 31.5 Å². The second-order valence-electron chi connectivity index (χ2n) is 5.03. The lowest BCUT2D eigenvalue weighted by Crippen LogP contribution is -2.34. The summed E-state index contributed by atoms with van der Waals surface area (Å²) in [4.78, 5) is 23.0. The number of hydrogen-bond donors (Lipinski definition) is 3. The summed E-state index contributed by atoms with van der Waals surface area (Å²) in [5.74, 6) is -0.326. The average Bonchev–Trinajstić information content (AvgIpc) is 2.96. The van der Waals surface area contributed by atoms with Gasteiger partial charge in [-0.1, -0.05) is 0 Å². The van der Waals surface area contributed by atoms with Crippen molar-refractivity contribution in [3.63, 3.8) is 0 Å². The van der Waals surface area contributed by atoms with Crippen LogP contribution in [-0.4, -0.2) is 60.6 Å². The number of aromatic nitrogens is 4. The number of nitrogen functional groups attached to an aromatic ring is 1. The van der Waals surface area contributed by atoms with Gasteiger partial charge in [0.15, 0.2) is 27.9 Å². The standard InChI is InChI=1S/C12H14BrN5O5/c1-4(19)22-2-5-7(20)8(21)11(23-5)18-10-6(17-12(18)13)9(14)15-3-16-10/h3,5,7-8,11,20-21H,2H2,1H3,(H2,14,15,16)/t5-,7-,8+,11+/m1/s1. The molecule has 1 aliphatic rings. The molecule has 1 fully saturated rings. The highest BCUT2D eigenvalue weighted by Gasteiger charge is 2.45. The maximum atomic E-state index is 10.9. The largest absolute Gasteiger partial charge is 0.463 e. The van der Waals surface area contributed by atoms with Crippen LogP contribution >= 0.6 is 15.9 Å². The molecule has 23 heavy (non-hydrogen) atoms. The normalized spacial score (nSPS) is 27.5. The second kappa shape index (κ2) is 6.00. The summed E-state index contributed by atoms with van der Waals surface area (Å²) in [6.45, 7) is 1.07. The molecule has 4 N–H and O–H groups in total. The summed E-state index contributed by atoms with van der Waals surface area (Å²) in [5, 5.41) is 20.3. The lowest BCUT2D eigenvalue weighted by atomic mass is 10.1. The molecular weight excluding hydrogens is 374 g/mol. The van der Waals surface area contributed by atoms with E-state index < -0.39 is 30.5 Å². The number of fused-ring (bicyclic) bond motifs is 1. The summed E-state index contributed by atoms with van der Waals surface area (Å²) in [6, 6.07) is 0. The van der Waals surface area contributed by atoms with E-state index in [-0.39, 0.29) is 12.4 Å². The van der Waals surface area contributed by atoms with Crippen LogP contribution in [0.25, 0.3) is 11.2 Å². The summed E-state index contributed by atoms with van der Waals surface area (Å²) in [6.07, 6.45) is -3.08. The zero-order valence-corrected chi connectivity index (χ0v) is 13.5. The third-order valence-electron chi connectivity index (χ3n) is 3.50. The van der Waals surface area contributed by atoms with E-state index in [1.807, 2.05) is 0 Å². The Morgan fingerprint density at radius 2 is 2.22 bits per heavy atom. The van der Waals surface area contributed by atoms with Crippen LogP contribution in [0.1, 0.15) is 13.2 Å². The van der Waals surface area contributed by atoms with Crippen molar-refractivity contribution in [2.75, 3.05) is 12.3 Å². The number of nitrogens with two attached hydrogens (primary N) is 1. The van der Waals surface area contributed by atoms with Gasteiger partial charge < -0.3 is 25.4 Å². The Bertz CT molecular complexity index is 753. The van der Waals surface area contributed by atoms with Gasteiger partial charge in [-0.2, -0.15) is 0 Å². The summed E-state index contributed by atoms with van der Waals surface area (Å²) < 4.78 is 12.2. The highest BCUT2D eigenvalue weighted by molar-refractivity contribution is 9.10. The van der Waals surface area contributed by atoms with Gasteiger partial charge in [-0.3, -0.25) is 9.36 Å². The summed E-state index contributed by atoms with van der Waals surface area (Å²) in [7, 11) is 0. The first-order chi connectivity index (χ1) is 10.9. The van der Waals surface area contributed by atoms with E-state index >= 15 is 0 Å². The van der Waals surface area contributed by atoms with Crippen LogP contribution in [0.3, 0.4) is 0 Å². The first kappa shape index (κ1) is 16.1. The Kier molecular flexibility index (Phi) is 4.19. The van der Waals surface area contributed by atoms with Crippen LogP contribution < -0.4 is 5.73 Å². The number of carbonyl (C=O) groups is 1. The van der Waals surface area contributed by atoms with E-state index in [1.54, 1.807) is 0 Å². The molecule has 2 aromatic heterocycles. The first-order valence-corrected chi connectivity index (χ1v) is 7.48. The summed E-state index contributed by atoms with van der Waals surface area (Å²) >= 11 is 3.25. The number of imidazole rings is 1. The second-order valence-corrected chi connectivity index (χ2v) is 5.74. The minimum atomic E-state index is -1.26. The van der Waals surface area contributed by atoms with E-state index in [4.69, 9.17) is 15.2 Å². The number of halogens is 1. The molecule has 1 saturated heterocycles. The Labute approximate surface area is 138 Å². The number of nitrogens with zero attached hydrogens (tertiary/aromatic N) is 4. The first-order valence-electron chi connectivity index (χ1n) is 6.69. The molecule has 0 radical (unpaired) electrons. The van der Waals surface area contributed by atoms with Crippen molar-refractivity contribution >= 4 is 38.9 Å². The predicted octanol–water partition coefficient (Wildman–Crippen LogP) is -0.647. The van der Waals surface area contributed by atoms with E-state index in [9.17, 15) is 15.0 Å². The van der Waals surface area contributed by atoms with Gasteiger partial charge in [-0.05, 0) is 15.9 Å². The molecule has 0 bridgehead atoms. The molecule has 11 heteroatoms. The number of esters is 1. The smallest absolute Gasteiger partial charge is 0.302 e. The quantitative estimate of drug-likeness (QED) is 0.461. The molecule has 3 heterocycles. The van der Waals surface area contributed by atoms with Gasteiger partial charge >= 0.3 is 5.97 Å². The van der Waals surface area contributed by atoms with Crippen LogP contribution in [0, 0.1) is 0 Å². The van der Waals surface area contributed by atoms with E-state index in [2.05, 4.69) is 30.9 Å². The molecular formula is C12H14BrN5O5. The van der Waals surface area contributed by atoms with Crippen molar-refractivity contribution in [3.8, 4) is 0 Å². The fourth-order valence-electron chi connectivity index (χ4n) is 2.40. The van der Waals surface area contributed by atoms with Crippen LogP contribution in [0.5, 0.6) is 0 Å². The zero-order valence-electron chi connectivity index (χ0n) is 12.0. The van der Waals surface area contributed by atoms with Gasteiger partial charge in [0, 0.05) is 6.92 Å². The molecule has 4 atom stereocenters. The van der Waals surface area contributed by atoms with Gasteiger partial charge in [0.25, 0.3) is 0 Å². The van der Waals surface area contributed by atoms with Crippen LogP contribution in [-0.2, 0) is 14.3 Å². The van der Waals surface area contributed by atoms with E-state index in [0.717, 1.165) is 0 Å². The maximum Gasteiger partial charge on any atom is 0.302 e. The minimum absolute atomic E-state index is 0.175. The van der Waals surface area contributed by atoms with Gasteiger partial charge in [0.05, 0.1) is 0 Å². The van der Waals surface area contributed by atoms with Crippen molar-refractivity contribution < 1.29 is 24.5 Å². The van der Waals surface area contributed by atoms with Crippen LogP contribution in [0.2, 0.25) is 0 Å². The van der Waals surface area contributed by atoms with E-state index in [0.29, 0.717) is 15.9 Å². The third kappa shape index (κ3) is 2.76. The topological polar surface area (TPSA) is 146 Å². The average molecular weight is 388 g/mol. The zero-order chi connectivity index (χ0) is 16.7. The highest BCUT2D eigenvalue weighted by Crippen LogP contribution is 2.35. The van der Waals surface area contributed by atoms with Gasteiger partial charge in [0.2, 0.25) is 0 Å². The number of rotatable bonds is 3. The SMILES string of the molecule is CC(=O)OC[C@H]1O[C@H](n2c(Br)nc3c(N)ncnc32)[C@@H](O)[C@@H]1O. The molecule has 0 spiro atoms. The molecule has 0 amide bonds. The van der Waals surface area contributed by atoms with Crippen molar-refractivity contribution in [1.29, 1.82) is 0 Å². The van der Waals surface area contributed by atoms with E-state index in [1.165, 1.54) is 17.8 Å².